The molecule has 0 radical (unpaired) electrons. The number of nitrogen functional groups attached to an aromatic ring is 1. The molecule has 0 amide bonds. The minimum absolute atomic E-state index is 0.341. The summed E-state index contributed by atoms with van der Waals surface area (Å²) in [6.45, 7) is 1.67. The van der Waals surface area contributed by atoms with Crippen molar-refractivity contribution in [1.29, 1.82) is 0 Å². The van der Waals surface area contributed by atoms with Crippen LogP contribution in [0.1, 0.15) is 13.3 Å². The lowest BCUT2D eigenvalue weighted by atomic mass is 10.3. The van der Waals surface area contributed by atoms with E-state index in [1.807, 2.05) is 0 Å². The number of nitrogens with one attached hydrogen (secondary N) is 1. The fourth-order valence-corrected chi connectivity index (χ4v) is 2.57. The number of nitrogens with two attached hydrogens (primary N) is 1. The Morgan fingerprint density at radius 3 is 2.61 bits per heavy atom. The summed E-state index contributed by atoms with van der Waals surface area (Å²) in [5, 5.41) is 0. The number of sulfonamides is 1. The molecule has 1 unspecified atom stereocenters. The zero-order valence-electron chi connectivity index (χ0n) is 9.57. The molecule has 0 saturated carbocycles. The van der Waals surface area contributed by atoms with Gasteiger partial charge in [-0.05, 0) is 18.6 Å². The second-order valence-corrected chi connectivity index (χ2v) is 5.20. The minimum atomic E-state index is -4.17. The molecule has 1 aromatic rings. The zero-order valence-corrected chi connectivity index (χ0v) is 10.4. The highest BCUT2D eigenvalue weighted by atomic mass is 32.2. The first-order valence-electron chi connectivity index (χ1n) is 5.05. The third kappa shape index (κ3) is 2.78. The van der Waals surface area contributed by atoms with Crippen molar-refractivity contribution in [1.82, 2.24) is 4.72 Å². The van der Waals surface area contributed by atoms with Crippen molar-refractivity contribution < 1.29 is 17.2 Å². The molecule has 0 aliphatic carbocycles. The van der Waals surface area contributed by atoms with Crippen molar-refractivity contribution in [2.24, 2.45) is 0 Å². The molecular weight excluding hydrogens is 262 g/mol. The molecule has 0 fully saturated rings. The number of hydrogen-bond donors (Lipinski definition) is 2. The summed E-state index contributed by atoms with van der Waals surface area (Å²) in [5.41, 5.74) is 4.25. The summed E-state index contributed by atoms with van der Waals surface area (Å²) < 4.78 is 52.3. The summed E-state index contributed by atoms with van der Waals surface area (Å²) >= 11 is 0. The lowest BCUT2D eigenvalue weighted by Crippen LogP contribution is -2.33. The van der Waals surface area contributed by atoms with Gasteiger partial charge in [0.25, 0.3) is 0 Å². The van der Waals surface area contributed by atoms with Gasteiger partial charge in [-0.1, -0.05) is 12.8 Å². The van der Waals surface area contributed by atoms with Crippen LogP contribution in [-0.4, -0.2) is 14.5 Å². The Hall–Kier alpha value is -1.65. The largest absolute Gasteiger partial charge is 0.394 e. The van der Waals surface area contributed by atoms with E-state index in [0.29, 0.717) is 6.42 Å². The SMILES string of the molecule is C#CC(CC)NS(=O)(=O)c1ccc(F)c(N)c1F. The smallest absolute Gasteiger partial charge is 0.244 e. The minimum Gasteiger partial charge on any atom is -0.394 e. The van der Waals surface area contributed by atoms with Crippen LogP contribution in [0.5, 0.6) is 0 Å². The van der Waals surface area contributed by atoms with E-state index in [4.69, 9.17) is 12.2 Å². The van der Waals surface area contributed by atoms with Gasteiger partial charge < -0.3 is 5.73 Å². The van der Waals surface area contributed by atoms with Crippen LogP contribution in [0.2, 0.25) is 0 Å². The molecule has 0 aromatic heterocycles. The van der Waals surface area contributed by atoms with Crippen molar-refractivity contribution >= 4 is 15.7 Å². The van der Waals surface area contributed by atoms with E-state index in [1.165, 1.54) is 0 Å². The quantitative estimate of drug-likeness (QED) is 0.641. The van der Waals surface area contributed by atoms with Gasteiger partial charge in [0.05, 0.1) is 6.04 Å². The third-order valence-electron chi connectivity index (χ3n) is 2.29. The van der Waals surface area contributed by atoms with E-state index < -0.39 is 38.3 Å². The Morgan fingerprint density at radius 1 is 1.50 bits per heavy atom. The Kier molecular flexibility index (Phi) is 4.27. The third-order valence-corrected chi connectivity index (χ3v) is 3.78. The van der Waals surface area contributed by atoms with Crippen molar-refractivity contribution in [3.63, 3.8) is 0 Å². The lowest BCUT2D eigenvalue weighted by molar-refractivity contribution is 0.542. The van der Waals surface area contributed by atoms with E-state index in [-0.39, 0.29) is 0 Å². The van der Waals surface area contributed by atoms with Gasteiger partial charge in [-0.3, -0.25) is 0 Å². The molecular formula is C11H12F2N2O2S. The van der Waals surface area contributed by atoms with Crippen LogP contribution in [0.4, 0.5) is 14.5 Å². The van der Waals surface area contributed by atoms with Gasteiger partial charge in [0.2, 0.25) is 10.0 Å². The summed E-state index contributed by atoms with van der Waals surface area (Å²) in [7, 11) is -4.17. The number of terminal acetylenes is 1. The summed E-state index contributed by atoms with van der Waals surface area (Å²) in [6, 6.07) is 0.817. The van der Waals surface area contributed by atoms with Crippen LogP contribution in [0.15, 0.2) is 17.0 Å². The molecule has 98 valence electrons. The molecule has 18 heavy (non-hydrogen) atoms. The van der Waals surface area contributed by atoms with Gasteiger partial charge in [-0.15, -0.1) is 6.42 Å². The molecule has 1 rings (SSSR count). The van der Waals surface area contributed by atoms with Crippen molar-refractivity contribution in [3.8, 4) is 12.3 Å². The van der Waals surface area contributed by atoms with E-state index in [1.54, 1.807) is 6.92 Å². The number of rotatable bonds is 4. The second kappa shape index (κ2) is 5.33. The first kappa shape index (κ1) is 14.4. The maximum Gasteiger partial charge on any atom is 0.244 e. The lowest BCUT2D eigenvalue weighted by Gasteiger charge is -2.12. The summed E-state index contributed by atoms with van der Waals surface area (Å²) in [5.74, 6) is -0.138. The topological polar surface area (TPSA) is 72.2 Å². The van der Waals surface area contributed by atoms with E-state index in [9.17, 15) is 17.2 Å². The number of hydrogen-bond acceptors (Lipinski definition) is 3. The van der Waals surface area contributed by atoms with E-state index >= 15 is 0 Å². The molecule has 3 N–H and O–H groups in total. The highest BCUT2D eigenvalue weighted by molar-refractivity contribution is 7.89. The Morgan fingerprint density at radius 2 is 2.11 bits per heavy atom. The normalized spacial score (nSPS) is 13.0. The zero-order chi connectivity index (χ0) is 13.9. The molecule has 0 saturated heterocycles. The molecule has 0 bridgehead atoms. The van der Waals surface area contributed by atoms with Gasteiger partial charge in [-0.2, -0.15) is 4.72 Å². The maximum atomic E-state index is 13.6. The van der Waals surface area contributed by atoms with Crippen molar-refractivity contribution in [3.05, 3.63) is 23.8 Å². The standard InChI is InChI=1S/C11H12F2N2O2S/c1-3-7(4-2)15-18(16,17)9-6-5-8(12)11(14)10(9)13/h1,5-7,15H,4,14H2,2H3. The van der Waals surface area contributed by atoms with Crippen LogP contribution >= 0.6 is 0 Å². The summed E-state index contributed by atoms with van der Waals surface area (Å²) in [4.78, 5) is -0.727. The number of halogens is 2. The van der Waals surface area contributed by atoms with Crippen LogP contribution in [0.3, 0.4) is 0 Å². The first-order chi connectivity index (χ1) is 8.33. The van der Waals surface area contributed by atoms with Gasteiger partial charge in [0, 0.05) is 0 Å². The summed E-state index contributed by atoms with van der Waals surface area (Å²) in [6.07, 6.45) is 5.45. The number of anilines is 1. The van der Waals surface area contributed by atoms with Crippen molar-refractivity contribution in [2.75, 3.05) is 5.73 Å². The average molecular weight is 274 g/mol. The van der Waals surface area contributed by atoms with E-state index in [0.717, 1.165) is 12.1 Å². The molecule has 0 spiro atoms. The second-order valence-electron chi connectivity index (χ2n) is 3.52. The molecule has 7 heteroatoms. The first-order valence-corrected chi connectivity index (χ1v) is 6.53. The predicted octanol–water partition coefficient (Wildman–Crippen LogP) is 1.24. The molecule has 1 aromatic carbocycles. The van der Waals surface area contributed by atoms with E-state index in [2.05, 4.69) is 10.6 Å². The molecule has 1 atom stereocenters. The molecule has 4 nitrogen and oxygen atoms in total. The van der Waals surface area contributed by atoms with Crippen LogP contribution in [0, 0.1) is 24.0 Å². The van der Waals surface area contributed by atoms with Gasteiger partial charge in [-0.25, -0.2) is 17.2 Å². The Bertz CT molecular complexity index is 594. The predicted molar refractivity (Wildman–Crippen MR) is 64.0 cm³/mol. The Labute approximate surface area is 104 Å². The van der Waals surface area contributed by atoms with Crippen LogP contribution < -0.4 is 10.5 Å². The van der Waals surface area contributed by atoms with Crippen LogP contribution in [0.25, 0.3) is 0 Å². The van der Waals surface area contributed by atoms with Gasteiger partial charge >= 0.3 is 0 Å². The Balaban J connectivity index is 3.23. The van der Waals surface area contributed by atoms with Crippen LogP contribution in [-0.2, 0) is 10.0 Å². The fraction of sp³-hybridized carbons (Fsp3) is 0.273. The maximum absolute atomic E-state index is 13.6. The average Bonchev–Trinajstić information content (AvgIpc) is 2.32. The van der Waals surface area contributed by atoms with Gasteiger partial charge in [0.15, 0.2) is 5.82 Å². The monoisotopic (exact) mass is 274 g/mol. The highest BCUT2D eigenvalue weighted by Gasteiger charge is 2.24. The van der Waals surface area contributed by atoms with Crippen molar-refractivity contribution in [2.45, 2.75) is 24.3 Å². The fourth-order valence-electron chi connectivity index (χ4n) is 1.24. The van der Waals surface area contributed by atoms with Gasteiger partial charge in [0.1, 0.15) is 16.4 Å². The molecule has 0 aliphatic rings. The number of benzene rings is 1. The molecule has 0 heterocycles. The highest BCUT2D eigenvalue weighted by Crippen LogP contribution is 2.22. The molecule has 0 aliphatic heterocycles.